The van der Waals surface area contributed by atoms with Gasteiger partial charge in [0.25, 0.3) is 0 Å². The van der Waals surface area contributed by atoms with Crippen molar-refractivity contribution in [3.63, 3.8) is 0 Å². The smallest absolute Gasteiger partial charge is 0.185 e. The molecule has 0 radical (unpaired) electrons. The summed E-state index contributed by atoms with van der Waals surface area (Å²) in [6.07, 6.45) is 1.41. The third-order valence-electron chi connectivity index (χ3n) is 3.45. The summed E-state index contributed by atoms with van der Waals surface area (Å²) in [5.41, 5.74) is 1.79. The molecule has 0 saturated carbocycles. The van der Waals surface area contributed by atoms with E-state index in [1.165, 1.54) is 0 Å². The Morgan fingerprint density at radius 1 is 1.47 bits per heavy atom. The number of Topliss-reactive ketones (excluding diaryl/α,β-unsaturated/α-hetero) is 1. The number of benzene rings is 1. The molecule has 1 aromatic carbocycles. The van der Waals surface area contributed by atoms with Gasteiger partial charge in [-0.2, -0.15) is 0 Å². The number of amidine groups is 1. The lowest BCUT2D eigenvalue weighted by molar-refractivity contribution is 0.0872. The molecule has 1 N–H and O–H groups in total. The first-order valence-electron chi connectivity index (χ1n) is 5.51. The van der Waals surface area contributed by atoms with Crippen molar-refractivity contribution in [2.75, 3.05) is 0 Å². The van der Waals surface area contributed by atoms with Crippen molar-refractivity contribution >= 4 is 27.5 Å². The van der Waals surface area contributed by atoms with E-state index >= 15 is 0 Å². The number of nitrogens with zero attached hydrogens (tertiary/aromatic N) is 2. The van der Waals surface area contributed by atoms with Crippen LogP contribution in [0.15, 0.2) is 27.8 Å². The summed E-state index contributed by atoms with van der Waals surface area (Å²) in [5.74, 6) is 0.753. The Morgan fingerprint density at radius 2 is 2.29 bits per heavy atom. The van der Waals surface area contributed by atoms with Crippen LogP contribution in [0.3, 0.4) is 0 Å². The van der Waals surface area contributed by atoms with Gasteiger partial charge < -0.3 is 10.1 Å². The number of ketones is 1. The van der Waals surface area contributed by atoms with Gasteiger partial charge >= 0.3 is 0 Å². The molecule has 5 heteroatoms. The molecule has 0 aromatic heterocycles. The van der Waals surface area contributed by atoms with Crippen LogP contribution in [-0.2, 0) is 6.54 Å². The minimum Gasteiger partial charge on any atom is -0.409 e. The maximum atomic E-state index is 12.3. The quantitative estimate of drug-likeness (QED) is 0.590. The molecule has 1 atom stereocenters. The first kappa shape index (κ1) is 10.8. The van der Waals surface area contributed by atoms with Crippen molar-refractivity contribution in [2.45, 2.75) is 25.4 Å². The van der Waals surface area contributed by atoms with Gasteiger partial charge in [-0.3, -0.25) is 4.79 Å². The van der Waals surface area contributed by atoms with E-state index in [0.717, 1.165) is 22.0 Å². The summed E-state index contributed by atoms with van der Waals surface area (Å²) in [5, 5.41) is 12.2. The van der Waals surface area contributed by atoms with Crippen LogP contribution < -0.4 is 0 Å². The summed E-state index contributed by atoms with van der Waals surface area (Å²) in [4.78, 5) is 14.2. The Labute approximate surface area is 107 Å². The van der Waals surface area contributed by atoms with Gasteiger partial charge in [-0.25, -0.2) is 0 Å². The topological polar surface area (TPSA) is 52.9 Å². The molecule has 2 aliphatic rings. The molecular formula is C12H11BrN2O2. The highest BCUT2D eigenvalue weighted by molar-refractivity contribution is 9.10. The van der Waals surface area contributed by atoms with Crippen LogP contribution in [0.1, 0.15) is 28.8 Å². The van der Waals surface area contributed by atoms with E-state index in [9.17, 15) is 4.79 Å². The Hall–Kier alpha value is -1.36. The fraction of sp³-hybridized carbons (Fsp3) is 0.333. The van der Waals surface area contributed by atoms with Crippen LogP contribution in [0, 0.1) is 0 Å². The summed E-state index contributed by atoms with van der Waals surface area (Å²) in [7, 11) is 0. The second-order valence-electron chi connectivity index (χ2n) is 4.36. The lowest BCUT2D eigenvalue weighted by atomic mass is 9.93. The molecule has 0 bridgehead atoms. The van der Waals surface area contributed by atoms with Crippen LogP contribution in [0.25, 0.3) is 0 Å². The maximum Gasteiger partial charge on any atom is 0.185 e. The minimum absolute atomic E-state index is 0.131. The SMILES string of the molecule is O=C1c2cc(Br)ccc2CN2/C(=N/O)CCC12. The number of halogens is 1. The van der Waals surface area contributed by atoms with E-state index in [4.69, 9.17) is 5.21 Å². The van der Waals surface area contributed by atoms with Gasteiger partial charge in [-0.05, 0) is 24.1 Å². The monoisotopic (exact) mass is 294 g/mol. The first-order chi connectivity index (χ1) is 8.20. The van der Waals surface area contributed by atoms with Crippen molar-refractivity contribution < 1.29 is 10.0 Å². The Kier molecular flexibility index (Phi) is 2.43. The van der Waals surface area contributed by atoms with E-state index in [-0.39, 0.29) is 11.8 Å². The highest BCUT2D eigenvalue weighted by Crippen LogP contribution is 2.32. The van der Waals surface area contributed by atoms with Gasteiger partial charge in [-0.15, -0.1) is 0 Å². The average molecular weight is 295 g/mol. The van der Waals surface area contributed by atoms with Crippen LogP contribution >= 0.6 is 15.9 Å². The molecule has 0 amide bonds. The average Bonchev–Trinajstić information content (AvgIpc) is 2.73. The van der Waals surface area contributed by atoms with Gasteiger partial charge in [0.05, 0.1) is 6.04 Å². The third-order valence-corrected chi connectivity index (χ3v) is 3.94. The first-order valence-corrected chi connectivity index (χ1v) is 6.30. The molecule has 4 nitrogen and oxygen atoms in total. The number of carbonyl (C=O) groups is 1. The highest BCUT2D eigenvalue weighted by atomic mass is 79.9. The zero-order valence-corrected chi connectivity index (χ0v) is 10.6. The molecule has 3 rings (SSSR count). The van der Waals surface area contributed by atoms with Crippen molar-refractivity contribution in [3.05, 3.63) is 33.8 Å². The van der Waals surface area contributed by atoms with Crippen molar-refractivity contribution in [1.82, 2.24) is 4.90 Å². The summed E-state index contributed by atoms with van der Waals surface area (Å²) >= 11 is 3.39. The van der Waals surface area contributed by atoms with Gasteiger partial charge in [0.1, 0.15) is 5.84 Å². The predicted molar refractivity (Wildman–Crippen MR) is 66.3 cm³/mol. The normalized spacial score (nSPS) is 25.0. The molecule has 1 aromatic rings. The zero-order valence-electron chi connectivity index (χ0n) is 9.06. The van der Waals surface area contributed by atoms with Crippen molar-refractivity contribution in [1.29, 1.82) is 0 Å². The Bertz CT molecular complexity index is 527. The molecule has 17 heavy (non-hydrogen) atoms. The van der Waals surface area contributed by atoms with Crippen molar-refractivity contribution in [2.24, 2.45) is 5.16 Å². The van der Waals surface area contributed by atoms with E-state index in [2.05, 4.69) is 21.1 Å². The molecule has 88 valence electrons. The van der Waals surface area contributed by atoms with Gasteiger partial charge in [0, 0.05) is 23.0 Å². The lowest BCUT2D eigenvalue weighted by Crippen LogP contribution is -2.42. The van der Waals surface area contributed by atoms with Crippen LogP contribution in [0.5, 0.6) is 0 Å². The van der Waals surface area contributed by atoms with E-state index in [1.807, 2.05) is 23.1 Å². The second kappa shape index (κ2) is 3.84. The largest absolute Gasteiger partial charge is 0.409 e. The van der Waals surface area contributed by atoms with E-state index in [1.54, 1.807) is 0 Å². The zero-order chi connectivity index (χ0) is 12.0. The fourth-order valence-electron chi connectivity index (χ4n) is 2.61. The van der Waals surface area contributed by atoms with E-state index < -0.39 is 0 Å². The minimum atomic E-state index is -0.150. The van der Waals surface area contributed by atoms with Crippen molar-refractivity contribution in [3.8, 4) is 0 Å². The van der Waals surface area contributed by atoms with Crippen LogP contribution in [0.2, 0.25) is 0 Å². The fourth-order valence-corrected chi connectivity index (χ4v) is 2.97. The Balaban J connectivity index is 2.07. The molecule has 0 aliphatic carbocycles. The number of hydrogen-bond donors (Lipinski definition) is 1. The van der Waals surface area contributed by atoms with Crippen LogP contribution in [0.4, 0.5) is 0 Å². The number of rotatable bonds is 0. The van der Waals surface area contributed by atoms with Crippen LogP contribution in [-0.4, -0.2) is 27.8 Å². The summed E-state index contributed by atoms with van der Waals surface area (Å²) < 4.78 is 0.923. The van der Waals surface area contributed by atoms with E-state index in [0.29, 0.717) is 18.8 Å². The molecule has 1 fully saturated rings. The molecular weight excluding hydrogens is 284 g/mol. The van der Waals surface area contributed by atoms with Gasteiger partial charge in [0.15, 0.2) is 5.78 Å². The maximum absolute atomic E-state index is 12.3. The molecule has 1 unspecified atom stereocenters. The van der Waals surface area contributed by atoms with Gasteiger partial charge in [0.2, 0.25) is 0 Å². The summed E-state index contributed by atoms with van der Waals surface area (Å²) in [6.45, 7) is 0.651. The molecule has 2 aliphatic heterocycles. The second-order valence-corrected chi connectivity index (χ2v) is 5.28. The number of fused-ring (bicyclic) bond motifs is 2. The molecule has 2 heterocycles. The summed E-state index contributed by atoms with van der Waals surface area (Å²) in [6, 6.07) is 5.60. The number of oxime groups is 1. The lowest BCUT2D eigenvalue weighted by Gasteiger charge is -2.31. The number of hydrogen-bond acceptors (Lipinski definition) is 3. The predicted octanol–water partition coefficient (Wildman–Crippen LogP) is 2.40. The standard InChI is InChI=1S/C12H11BrN2O2/c13-8-2-1-7-6-15-10(3-4-11(15)14-17)12(16)9(7)5-8/h1-2,5,10,17H,3-4,6H2/b14-11+. The third kappa shape index (κ3) is 1.57. The molecule has 1 saturated heterocycles. The van der Waals surface area contributed by atoms with Gasteiger partial charge in [-0.1, -0.05) is 27.2 Å². The molecule has 0 spiro atoms. The number of carbonyl (C=O) groups excluding carboxylic acids is 1. The highest BCUT2D eigenvalue weighted by Gasteiger charge is 2.39. The Morgan fingerprint density at radius 3 is 3.06 bits per heavy atom.